The molecule has 1 aromatic carbocycles. The van der Waals surface area contributed by atoms with Gasteiger partial charge < -0.3 is 14.2 Å². The first-order chi connectivity index (χ1) is 11.8. The van der Waals surface area contributed by atoms with Gasteiger partial charge in [-0.2, -0.15) is 0 Å². The van der Waals surface area contributed by atoms with Crippen LogP contribution in [0.25, 0.3) is 0 Å². The predicted octanol–water partition coefficient (Wildman–Crippen LogP) is 2.23. The molecule has 0 saturated carbocycles. The van der Waals surface area contributed by atoms with Gasteiger partial charge in [-0.25, -0.2) is 8.42 Å². The molecule has 1 aromatic heterocycles. The average Bonchev–Trinajstić information content (AvgIpc) is 3.12. The number of benzene rings is 1. The number of hydrogen-bond donors (Lipinski definition) is 1. The standard InChI is InChI=1S/C16H19N3O5S/c1-10-16(11(2)24-17-10)25(21,22)18-12-6-7-14(23-3)13(9-12)19-8-4-5-15(19)20/h6-7,9,18H,4-5,8H2,1-3H3. The number of aromatic nitrogens is 1. The maximum Gasteiger partial charge on any atom is 0.267 e. The third-order valence-electron chi connectivity index (χ3n) is 4.03. The molecule has 0 radical (unpaired) electrons. The lowest BCUT2D eigenvalue weighted by Gasteiger charge is -2.20. The van der Waals surface area contributed by atoms with Crippen LogP contribution in [0.15, 0.2) is 27.6 Å². The summed E-state index contributed by atoms with van der Waals surface area (Å²) in [5, 5.41) is 3.67. The molecule has 1 saturated heterocycles. The number of nitrogens with zero attached hydrogens (tertiary/aromatic N) is 2. The summed E-state index contributed by atoms with van der Waals surface area (Å²) in [5.41, 5.74) is 1.16. The quantitative estimate of drug-likeness (QED) is 0.872. The van der Waals surface area contributed by atoms with E-state index in [-0.39, 0.29) is 22.3 Å². The lowest BCUT2D eigenvalue weighted by Crippen LogP contribution is -2.24. The molecule has 8 nitrogen and oxygen atoms in total. The highest BCUT2D eigenvalue weighted by Crippen LogP contribution is 2.35. The monoisotopic (exact) mass is 365 g/mol. The van der Waals surface area contributed by atoms with Crippen LogP contribution in [-0.2, 0) is 14.8 Å². The van der Waals surface area contributed by atoms with Crippen molar-refractivity contribution in [3.8, 4) is 5.75 Å². The van der Waals surface area contributed by atoms with E-state index in [0.29, 0.717) is 30.1 Å². The Balaban J connectivity index is 1.97. The van der Waals surface area contributed by atoms with Crippen molar-refractivity contribution in [1.29, 1.82) is 0 Å². The van der Waals surface area contributed by atoms with Gasteiger partial charge in [-0.3, -0.25) is 9.52 Å². The van der Waals surface area contributed by atoms with Crippen molar-refractivity contribution in [2.45, 2.75) is 31.6 Å². The summed E-state index contributed by atoms with van der Waals surface area (Å²) in [6, 6.07) is 4.81. The number of ether oxygens (including phenoxy) is 1. The van der Waals surface area contributed by atoms with Gasteiger partial charge in [0.15, 0.2) is 10.7 Å². The fraction of sp³-hybridized carbons (Fsp3) is 0.375. The van der Waals surface area contributed by atoms with Crippen molar-refractivity contribution >= 4 is 27.3 Å². The third-order valence-corrected chi connectivity index (χ3v) is 5.66. The van der Waals surface area contributed by atoms with Gasteiger partial charge in [-0.15, -0.1) is 0 Å². The van der Waals surface area contributed by atoms with Crippen LogP contribution in [0.2, 0.25) is 0 Å². The van der Waals surface area contributed by atoms with Crippen LogP contribution >= 0.6 is 0 Å². The van der Waals surface area contributed by atoms with Gasteiger partial charge in [-0.1, -0.05) is 5.16 Å². The van der Waals surface area contributed by atoms with E-state index in [9.17, 15) is 13.2 Å². The lowest BCUT2D eigenvalue weighted by molar-refractivity contribution is -0.117. The Hall–Kier alpha value is -2.55. The number of aryl methyl sites for hydroxylation is 2. The van der Waals surface area contributed by atoms with Crippen LogP contribution in [0.4, 0.5) is 11.4 Å². The number of hydrogen-bond acceptors (Lipinski definition) is 6. The Labute approximate surface area is 145 Å². The topological polar surface area (TPSA) is 102 Å². The molecule has 3 rings (SSSR count). The summed E-state index contributed by atoms with van der Waals surface area (Å²) >= 11 is 0. The summed E-state index contributed by atoms with van der Waals surface area (Å²) in [5.74, 6) is 0.716. The molecule has 0 atom stereocenters. The molecule has 2 heterocycles. The Bertz CT molecular complexity index is 900. The Morgan fingerprint density at radius 1 is 1.32 bits per heavy atom. The fourth-order valence-electron chi connectivity index (χ4n) is 2.93. The van der Waals surface area contributed by atoms with Crippen molar-refractivity contribution in [1.82, 2.24) is 5.16 Å². The first-order valence-corrected chi connectivity index (χ1v) is 9.26. The van der Waals surface area contributed by atoms with Crippen molar-refractivity contribution in [3.63, 3.8) is 0 Å². The molecule has 9 heteroatoms. The molecule has 0 spiro atoms. The van der Waals surface area contributed by atoms with Crippen LogP contribution < -0.4 is 14.4 Å². The molecule has 1 aliphatic rings. The molecule has 25 heavy (non-hydrogen) atoms. The molecule has 0 aliphatic carbocycles. The summed E-state index contributed by atoms with van der Waals surface area (Å²) < 4.78 is 38.0. The van der Waals surface area contributed by atoms with E-state index in [1.165, 1.54) is 14.0 Å². The number of carbonyl (C=O) groups is 1. The summed E-state index contributed by atoms with van der Waals surface area (Å²) in [6.45, 7) is 3.68. The molecule has 2 aromatic rings. The van der Waals surface area contributed by atoms with E-state index >= 15 is 0 Å². The fourth-order valence-corrected chi connectivity index (χ4v) is 4.31. The molecule has 1 fully saturated rings. The number of methoxy groups -OCH3 is 1. The van der Waals surface area contributed by atoms with E-state index < -0.39 is 10.0 Å². The Morgan fingerprint density at radius 3 is 2.64 bits per heavy atom. The molecule has 0 bridgehead atoms. The largest absolute Gasteiger partial charge is 0.495 e. The normalized spacial score (nSPS) is 14.8. The molecule has 0 unspecified atom stereocenters. The minimum absolute atomic E-state index is 0.0102. The van der Waals surface area contributed by atoms with Gasteiger partial charge in [0.2, 0.25) is 5.91 Å². The van der Waals surface area contributed by atoms with Crippen molar-refractivity contribution in [2.75, 3.05) is 23.3 Å². The second kappa shape index (κ2) is 6.40. The van der Waals surface area contributed by atoms with Crippen molar-refractivity contribution in [3.05, 3.63) is 29.7 Å². The maximum atomic E-state index is 12.6. The van der Waals surface area contributed by atoms with Crippen molar-refractivity contribution in [2.24, 2.45) is 0 Å². The van der Waals surface area contributed by atoms with Gasteiger partial charge in [0.25, 0.3) is 10.0 Å². The number of amides is 1. The zero-order chi connectivity index (χ0) is 18.2. The maximum absolute atomic E-state index is 12.6. The second-order valence-corrected chi connectivity index (χ2v) is 7.41. The SMILES string of the molecule is COc1ccc(NS(=O)(=O)c2c(C)noc2C)cc1N1CCCC1=O. The van der Waals surface area contributed by atoms with E-state index in [0.717, 1.165) is 6.42 Å². The van der Waals surface area contributed by atoms with Gasteiger partial charge in [0.05, 0.1) is 18.5 Å². The highest BCUT2D eigenvalue weighted by molar-refractivity contribution is 7.92. The molecular formula is C16H19N3O5S. The van der Waals surface area contributed by atoms with Crippen LogP contribution in [0.5, 0.6) is 5.75 Å². The molecule has 1 aliphatic heterocycles. The third kappa shape index (κ3) is 3.19. The van der Waals surface area contributed by atoms with Gasteiger partial charge in [-0.05, 0) is 38.5 Å². The minimum Gasteiger partial charge on any atom is -0.495 e. The number of anilines is 2. The summed E-state index contributed by atoms with van der Waals surface area (Å²) in [4.78, 5) is 13.6. The highest BCUT2D eigenvalue weighted by Gasteiger charge is 2.27. The summed E-state index contributed by atoms with van der Waals surface area (Å²) in [7, 11) is -2.35. The van der Waals surface area contributed by atoms with Gasteiger partial charge >= 0.3 is 0 Å². The zero-order valence-corrected chi connectivity index (χ0v) is 15.0. The summed E-state index contributed by atoms with van der Waals surface area (Å²) in [6.07, 6.45) is 1.23. The van der Waals surface area contributed by atoms with Crippen LogP contribution in [-0.4, -0.2) is 33.1 Å². The van der Waals surface area contributed by atoms with Crippen LogP contribution in [0, 0.1) is 13.8 Å². The molecular weight excluding hydrogens is 346 g/mol. The predicted molar refractivity (Wildman–Crippen MR) is 91.4 cm³/mol. The van der Waals surface area contributed by atoms with Crippen molar-refractivity contribution < 1.29 is 22.5 Å². The molecule has 134 valence electrons. The van der Waals surface area contributed by atoms with Crippen LogP contribution in [0.3, 0.4) is 0 Å². The second-order valence-electron chi connectivity index (χ2n) is 5.79. The van der Waals surface area contributed by atoms with Gasteiger partial charge in [0, 0.05) is 13.0 Å². The lowest BCUT2D eigenvalue weighted by atomic mass is 10.2. The molecule has 1 N–H and O–H groups in total. The molecule has 1 amide bonds. The van der Waals surface area contributed by atoms with E-state index in [1.807, 2.05) is 0 Å². The van der Waals surface area contributed by atoms with E-state index in [4.69, 9.17) is 9.26 Å². The van der Waals surface area contributed by atoms with Crippen LogP contribution in [0.1, 0.15) is 24.3 Å². The Morgan fingerprint density at radius 2 is 2.08 bits per heavy atom. The first-order valence-electron chi connectivity index (χ1n) is 7.77. The smallest absolute Gasteiger partial charge is 0.267 e. The first kappa shape index (κ1) is 17.3. The number of carbonyl (C=O) groups excluding carboxylic acids is 1. The van der Waals surface area contributed by atoms with Gasteiger partial charge in [0.1, 0.15) is 11.4 Å². The Kier molecular flexibility index (Phi) is 4.42. The number of nitrogens with one attached hydrogen (secondary N) is 1. The number of sulfonamides is 1. The number of rotatable bonds is 5. The highest BCUT2D eigenvalue weighted by atomic mass is 32.2. The average molecular weight is 365 g/mol. The minimum atomic E-state index is -3.86. The van der Waals surface area contributed by atoms with E-state index in [2.05, 4.69) is 9.88 Å². The zero-order valence-electron chi connectivity index (χ0n) is 14.2. The van der Waals surface area contributed by atoms with E-state index in [1.54, 1.807) is 30.0 Å².